The third-order valence-corrected chi connectivity index (χ3v) is 1.64. The maximum atomic E-state index is 10.5. The fourth-order valence-electron chi connectivity index (χ4n) is 0.899. The molecule has 0 saturated carbocycles. The van der Waals surface area contributed by atoms with Crippen molar-refractivity contribution in [3.05, 3.63) is 0 Å². The first kappa shape index (κ1) is 11.4. The van der Waals surface area contributed by atoms with Crippen LogP contribution in [-0.2, 0) is 4.79 Å². The normalized spacial score (nSPS) is 15.6. The third-order valence-electron chi connectivity index (χ3n) is 1.64. The quantitative estimate of drug-likeness (QED) is 0.505. The molecule has 0 heterocycles. The van der Waals surface area contributed by atoms with Crippen molar-refractivity contribution in [1.82, 2.24) is 5.32 Å². The fraction of sp³-hybridized carbons (Fsp3) is 0.875. The first-order valence-electron chi connectivity index (χ1n) is 4.23. The molecular weight excluding hydrogens is 158 g/mol. The van der Waals surface area contributed by atoms with Gasteiger partial charge < -0.3 is 15.5 Å². The number of aliphatic hydroxyl groups is 1. The van der Waals surface area contributed by atoms with Gasteiger partial charge in [-0.2, -0.15) is 0 Å². The van der Waals surface area contributed by atoms with Crippen LogP contribution in [0.25, 0.3) is 0 Å². The van der Waals surface area contributed by atoms with Crippen LogP contribution in [0.3, 0.4) is 0 Å². The average molecular weight is 175 g/mol. The fourth-order valence-corrected chi connectivity index (χ4v) is 0.899. The smallest absolute Gasteiger partial charge is 0.323 e. The summed E-state index contributed by atoms with van der Waals surface area (Å²) in [4.78, 5) is 10.5. The van der Waals surface area contributed by atoms with E-state index in [1.54, 1.807) is 0 Å². The standard InChI is InChI=1S/C8H17NO3/c1-3-4-5-9-7(6(2)10)8(11)12/h6-7,9-10H,3-5H2,1-2H3,(H,11,12)/t6?,7-/m0/s1. The van der Waals surface area contributed by atoms with E-state index in [0.29, 0.717) is 6.54 Å². The minimum absolute atomic E-state index is 0.637. The average Bonchev–Trinajstić information content (AvgIpc) is 1.96. The molecule has 0 radical (unpaired) electrons. The molecule has 4 heteroatoms. The van der Waals surface area contributed by atoms with Crippen LogP contribution in [0.5, 0.6) is 0 Å². The lowest BCUT2D eigenvalue weighted by Crippen LogP contribution is -2.45. The lowest BCUT2D eigenvalue weighted by Gasteiger charge is -2.16. The van der Waals surface area contributed by atoms with E-state index in [-0.39, 0.29) is 0 Å². The van der Waals surface area contributed by atoms with Gasteiger partial charge in [-0.1, -0.05) is 13.3 Å². The molecule has 0 aromatic heterocycles. The van der Waals surface area contributed by atoms with Crippen molar-refractivity contribution < 1.29 is 15.0 Å². The summed E-state index contributed by atoms with van der Waals surface area (Å²) in [5, 5.41) is 20.4. The second-order valence-corrected chi connectivity index (χ2v) is 2.86. The topological polar surface area (TPSA) is 69.6 Å². The number of carbonyl (C=O) groups is 1. The number of carboxylic acid groups (broad SMARTS) is 1. The lowest BCUT2D eigenvalue weighted by atomic mass is 10.2. The highest BCUT2D eigenvalue weighted by Gasteiger charge is 2.21. The number of hydrogen-bond donors (Lipinski definition) is 3. The highest BCUT2D eigenvalue weighted by Crippen LogP contribution is 1.93. The Morgan fingerprint density at radius 1 is 1.58 bits per heavy atom. The Balaban J connectivity index is 3.72. The second-order valence-electron chi connectivity index (χ2n) is 2.86. The van der Waals surface area contributed by atoms with Crippen molar-refractivity contribution in [2.45, 2.75) is 38.8 Å². The van der Waals surface area contributed by atoms with E-state index in [9.17, 15) is 4.79 Å². The van der Waals surface area contributed by atoms with Crippen molar-refractivity contribution in [2.24, 2.45) is 0 Å². The van der Waals surface area contributed by atoms with Crippen LogP contribution < -0.4 is 5.32 Å². The first-order valence-corrected chi connectivity index (χ1v) is 4.23. The van der Waals surface area contributed by atoms with Crippen LogP contribution in [0.15, 0.2) is 0 Å². The van der Waals surface area contributed by atoms with E-state index >= 15 is 0 Å². The number of rotatable bonds is 6. The maximum absolute atomic E-state index is 10.5. The van der Waals surface area contributed by atoms with Gasteiger partial charge in [-0.15, -0.1) is 0 Å². The maximum Gasteiger partial charge on any atom is 0.323 e. The van der Waals surface area contributed by atoms with Gasteiger partial charge in [-0.3, -0.25) is 4.79 Å². The molecule has 72 valence electrons. The number of hydrogen-bond acceptors (Lipinski definition) is 3. The van der Waals surface area contributed by atoms with E-state index in [1.165, 1.54) is 6.92 Å². The molecule has 12 heavy (non-hydrogen) atoms. The molecule has 1 unspecified atom stereocenters. The van der Waals surface area contributed by atoms with Crippen LogP contribution in [0.4, 0.5) is 0 Å². The lowest BCUT2D eigenvalue weighted by molar-refractivity contribution is -0.142. The minimum Gasteiger partial charge on any atom is -0.480 e. The molecule has 0 saturated heterocycles. The second kappa shape index (κ2) is 5.97. The number of nitrogens with one attached hydrogen (secondary N) is 1. The first-order chi connectivity index (χ1) is 5.59. The summed E-state index contributed by atoms with van der Waals surface area (Å²) in [6.07, 6.45) is 1.09. The van der Waals surface area contributed by atoms with Gasteiger partial charge >= 0.3 is 5.97 Å². The summed E-state index contributed by atoms with van der Waals surface area (Å²) in [7, 11) is 0. The molecule has 0 bridgehead atoms. The molecule has 0 spiro atoms. The summed E-state index contributed by atoms with van der Waals surface area (Å²) in [6, 6.07) is -0.837. The Hall–Kier alpha value is -0.610. The van der Waals surface area contributed by atoms with Crippen LogP contribution >= 0.6 is 0 Å². The van der Waals surface area contributed by atoms with Crippen molar-refractivity contribution in [3.63, 3.8) is 0 Å². The molecule has 4 nitrogen and oxygen atoms in total. The van der Waals surface area contributed by atoms with Gasteiger partial charge in [0.2, 0.25) is 0 Å². The SMILES string of the molecule is CCCCN[C@H](C(=O)O)C(C)O. The molecule has 0 rings (SSSR count). The zero-order valence-corrected chi connectivity index (χ0v) is 7.58. The molecule has 2 atom stereocenters. The number of carboxylic acids is 1. The Bertz CT molecular complexity index is 136. The Kier molecular flexibility index (Phi) is 5.66. The molecule has 3 N–H and O–H groups in total. The Labute approximate surface area is 72.6 Å². The van der Waals surface area contributed by atoms with Crippen LogP contribution in [-0.4, -0.2) is 34.9 Å². The van der Waals surface area contributed by atoms with Crippen LogP contribution in [0.2, 0.25) is 0 Å². The van der Waals surface area contributed by atoms with Crippen LogP contribution in [0, 0.1) is 0 Å². The van der Waals surface area contributed by atoms with Gasteiger partial charge in [-0.25, -0.2) is 0 Å². The molecule has 0 aliphatic carbocycles. The van der Waals surface area contributed by atoms with Gasteiger partial charge in [0.05, 0.1) is 6.10 Å². The van der Waals surface area contributed by atoms with Gasteiger partial charge in [-0.05, 0) is 19.9 Å². The van der Waals surface area contributed by atoms with E-state index in [1.807, 2.05) is 6.92 Å². The Morgan fingerprint density at radius 3 is 2.50 bits per heavy atom. The van der Waals surface area contributed by atoms with E-state index in [2.05, 4.69) is 5.32 Å². The summed E-state index contributed by atoms with van der Waals surface area (Å²) in [5.41, 5.74) is 0. The zero-order valence-electron chi connectivity index (χ0n) is 7.58. The number of aliphatic carboxylic acids is 1. The summed E-state index contributed by atoms with van der Waals surface area (Å²) < 4.78 is 0. The van der Waals surface area contributed by atoms with Crippen molar-refractivity contribution in [2.75, 3.05) is 6.54 Å². The van der Waals surface area contributed by atoms with Crippen molar-refractivity contribution in [1.29, 1.82) is 0 Å². The van der Waals surface area contributed by atoms with Crippen molar-refractivity contribution in [3.8, 4) is 0 Å². The molecule has 0 aromatic rings. The van der Waals surface area contributed by atoms with Gasteiger partial charge in [0.1, 0.15) is 6.04 Å². The molecule has 0 fully saturated rings. The van der Waals surface area contributed by atoms with E-state index < -0.39 is 18.1 Å². The number of unbranched alkanes of at least 4 members (excludes halogenated alkanes) is 1. The summed E-state index contributed by atoms with van der Waals surface area (Å²) in [5.74, 6) is -0.999. The van der Waals surface area contributed by atoms with Gasteiger partial charge in [0.25, 0.3) is 0 Å². The molecule has 0 aliphatic rings. The number of aliphatic hydroxyl groups excluding tert-OH is 1. The molecule has 0 aromatic carbocycles. The molecule has 0 amide bonds. The minimum atomic E-state index is -0.999. The molecular formula is C8H17NO3. The van der Waals surface area contributed by atoms with E-state index in [4.69, 9.17) is 10.2 Å². The highest BCUT2D eigenvalue weighted by atomic mass is 16.4. The summed E-state index contributed by atoms with van der Waals surface area (Å²) >= 11 is 0. The monoisotopic (exact) mass is 175 g/mol. The largest absolute Gasteiger partial charge is 0.480 e. The van der Waals surface area contributed by atoms with Gasteiger partial charge in [0.15, 0.2) is 0 Å². The Morgan fingerprint density at radius 2 is 2.17 bits per heavy atom. The third kappa shape index (κ3) is 4.31. The van der Waals surface area contributed by atoms with Gasteiger partial charge in [0, 0.05) is 0 Å². The van der Waals surface area contributed by atoms with E-state index in [0.717, 1.165) is 12.8 Å². The van der Waals surface area contributed by atoms with Crippen molar-refractivity contribution >= 4 is 5.97 Å². The molecule has 0 aliphatic heterocycles. The summed E-state index contributed by atoms with van der Waals surface area (Å²) in [6.45, 7) is 4.13. The van der Waals surface area contributed by atoms with Crippen LogP contribution in [0.1, 0.15) is 26.7 Å². The zero-order chi connectivity index (χ0) is 9.56. The highest BCUT2D eigenvalue weighted by molar-refractivity contribution is 5.74. The predicted octanol–water partition coefficient (Wildman–Crippen LogP) is 0.210. The predicted molar refractivity (Wildman–Crippen MR) is 46.0 cm³/mol.